The molecule has 0 aliphatic heterocycles. The largest absolute Gasteiger partial charge is 0.481 e. The number of fused-ring (bicyclic) bond motifs is 2. The normalized spacial score (nSPS) is 30.4. The number of esters is 2. The van der Waals surface area contributed by atoms with E-state index in [-0.39, 0.29) is 11.8 Å². The van der Waals surface area contributed by atoms with Crippen LogP contribution in [0.2, 0.25) is 0 Å². The maximum absolute atomic E-state index is 12.8. The molecule has 1 fully saturated rings. The molecule has 0 aromatic carbocycles. The van der Waals surface area contributed by atoms with Crippen molar-refractivity contribution in [3.8, 4) is 0 Å². The fraction of sp³-hybridized carbons (Fsp3) is 0.625. The first-order chi connectivity index (χ1) is 14.5. The van der Waals surface area contributed by atoms with E-state index in [0.717, 1.165) is 16.9 Å². The van der Waals surface area contributed by atoms with Gasteiger partial charge < -0.3 is 19.0 Å². The van der Waals surface area contributed by atoms with E-state index in [0.29, 0.717) is 24.8 Å². The van der Waals surface area contributed by atoms with E-state index in [1.807, 2.05) is 13.8 Å². The van der Waals surface area contributed by atoms with Crippen molar-refractivity contribution in [2.75, 3.05) is 0 Å². The molecule has 1 heterocycles. The Kier molecular flexibility index (Phi) is 6.35. The molecule has 1 saturated carbocycles. The lowest BCUT2D eigenvalue weighted by Crippen LogP contribution is -2.57. The molecule has 5 atom stereocenters. The highest BCUT2D eigenvalue weighted by Gasteiger charge is 2.62. The Morgan fingerprint density at radius 3 is 2.52 bits per heavy atom. The topological polar surface area (TPSA) is 103 Å². The molecule has 1 N–H and O–H groups in total. The third kappa shape index (κ3) is 3.90. The number of ether oxygens (including phenoxy) is 2. The number of furan rings is 1. The highest BCUT2D eigenvalue weighted by molar-refractivity contribution is 5.88. The second-order valence-electron chi connectivity index (χ2n) is 9.30. The summed E-state index contributed by atoms with van der Waals surface area (Å²) in [6.07, 6.45) is 3.34. The summed E-state index contributed by atoms with van der Waals surface area (Å²) >= 11 is 0. The zero-order valence-electron chi connectivity index (χ0n) is 19.1. The lowest BCUT2D eigenvalue weighted by atomic mass is 9.53. The lowest BCUT2D eigenvalue weighted by Gasteiger charge is -2.53. The number of rotatable bonds is 5. The van der Waals surface area contributed by atoms with Crippen LogP contribution in [0.4, 0.5) is 0 Å². The summed E-state index contributed by atoms with van der Waals surface area (Å²) in [7, 11) is 0. The Morgan fingerprint density at radius 2 is 1.94 bits per heavy atom. The maximum atomic E-state index is 12.8. The van der Waals surface area contributed by atoms with E-state index in [4.69, 9.17) is 13.9 Å². The van der Waals surface area contributed by atoms with Gasteiger partial charge in [0.1, 0.15) is 23.9 Å². The van der Waals surface area contributed by atoms with Crippen molar-refractivity contribution in [3.63, 3.8) is 0 Å². The number of aryl methyl sites for hydroxylation is 1. The number of hydrogen-bond donors (Lipinski definition) is 1. The number of allylic oxidation sites excluding steroid dienone is 1. The van der Waals surface area contributed by atoms with Crippen LogP contribution in [0.25, 0.3) is 0 Å². The Balaban J connectivity index is 2.11. The van der Waals surface area contributed by atoms with Crippen LogP contribution in [0.5, 0.6) is 0 Å². The van der Waals surface area contributed by atoms with Crippen LogP contribution in [-0.4, -0.2) is 29.1 Å². The molecule has 2 aliphatic rings. The van der Waals surface area contributed by atoms with Crippen molar-refractivity contribution in [1.29, 1.82) is 0 Å². The van der Waals surface area contributed by atoms with Crippen LogP contribution in [0.3, 0.4) is 0 Å². The minimum Gasteiger partial charge on any atom is -0.481 e. The van der Waals surface area contributed by atoms with Crippen LogP contribution in [0.1, 0.15) is 70.5 Å². The predicted octanol–water partition coefficient (Wildman–Crippen LogP) is 4.38. The first-order valence-corrected chi connectivity index (χ1v) is 10.9. The molecule has 31 heavy (non-hydrogen) atoms. The predicted molar refractivity (Wildman–Crippen MR) is 112 cm³/mol. The molecular formula is C24H32O7. The van der Waals surface area contributed by atoms with Gasteiger partial charge in [-0.15, -0.1) is 0 Å². The maximum Gasteiger partial charge on any atom is 0.334 e. The van der Waals surface area contributed by atoms with Gasteiger partial charge in [0.25, 0.3) is 0 Å². The summed E-state index contributed by atoms with van der Waals surface area (Å²) in [5, 5.41) is 10.3. The smallest absolute Gasteiger partial charge is 0.334 e. The summed E-state index contributed by atoms with van der Waals surface area (Å²) in [4.78, 5) is 37.7. The van der Waals surface area contributed by atoms with Crippen LogP contribution < -0.4 is 0 Å². The van der Waals surface area contributed by atoms with Crippen LogP contribution in [0.15, 0.2) is 22.3 Å². The minimum atomic E-state index is -1.05. The molecule has 170 valence electrons. The molecular weight excluding hydrogens is 400 g/mol. The number of carbonyl (C=O) groups excluding carboxylic acids is 2. The van der Waals surface area contributed by atoms with Crippen LogP contribution >= 0.6 is 0 Å². The molecule has 0 radical (unpaired) electrons. The molecule has 0 amide bonds. The van der Waals surface area contributed by atoms with Gasteiger partial charge in [-0.05, 0) is 45.1 Å². The van der Waals surface area contributed by atoms with Gasteiger partial charge in [0, 0.05) is 23.0 Å². The van der Waals surface area contributed by atoms with Gasteiger partial charge in [0.15, 0.2) is 0 Å². The molecule has 1 aromatic rings. The van der Waals surface area contributed by atoms with Gasteiger partial charge in [-0.1, -0.05) is 26.8 Å². The van der Waals surface area contributed by atoms with E-state index in [2.05, 4.69) is 0 Å². The lowest BCUT2D eigenvalue weighted by molar-refractivity contribution is -0.199. The third-order valence-corrected chi connectivity index (χ3v) is 7.07. The van der Waals surface area contributed by atoms with Gasteiger partial charge in [-0.2, -0.15) is 0 Å². The molecule has 0 spiro atoms. The van der Waals surface area contributed by atoms with Gasteiger partial charge in [0.05, 0.1) is 12.2 Å². The quantitative estimate of drug-likeness (QED) is 0.544. The second-order valence-corrected chi connectivity index (χ2v) is 9.30. The highest BCUT2D eigenvalue weighted by Crippen LogP contribution is 2.60. The van der Waals surface area contributed by atoms with Crippen molar-refractivity contribution >= 4 is 17.9 Å². The number of aliphatic carboxylic acids is 1. The van der Waals surface area contributed by atoms with E-state index in [9.17, 15) is 19.5 Å². The Morgan fingerprint density at radius 1 is 1.26 bits per heavy atom. The fourth-order valence-corrected chi connectivity index (χ4v) is 5.09. The first-order valence-electron chi connectivity index (χ1n) is 10.9. The Bertz CT molecular complexity index is 909. The molecule has 0 bridgehead atoms. The molecule has 3 rings (SSSR count). The zero-order valence-corrected chi connectivity index (χ0v) is 19.1. The summed E-state index contributed by atoms with van der Waals surface area (Å²) in [5.41, 5.74) is 1.03. The number of hydrogen-bond acceptors (Lipinski definition) is 6. The molecule has 0 saturated heterocycles. The standard InChI is InChI=1S/C24H32O7/c1-7-13(4)23(28)31-20-18-14(5)11-29-17(18)10-15-8-9-16(30-22(27)12(2)3)19(21(25)26)24(15,20)6/h7,11-12,15-16,19-20H,8-10H2,1-6H3,(H,25,26)/t15-,16+,19-,20-,24+/m1/s1. The van der Waals surface area contributed by atoms with Crippen molar-refractivity contribution in [2.45, 2.75) is 73.0 Å². The molecule has 7 heteroatoms. The minimum absolute atomic E-state index is 0.0932. The molecule has 1 aromatic heterocycles. The number of carbonyl (C=O) groups is 3. The van der Waals surface area contributed by atoms with Gasteiger partial charge in [-0.3, -0.25) is 9.59 Å². The van der Waals surface area contributed by atoms with Crippen molar-refractivity contribution in [3.05, 3.63) is 34.8 Å². The van der Waals surface area contributed by atoms with E-state index >= 15 is 0 Å². The van der Waals surface area contributed by atoms with Gasteiger partial charge in [-0.25, -0.2) is 4.79 Å². The van der Waals surface area contributed by atoms with E-state index in [1.165, 1.54) is 0 Å². The van der Waals surface area contributed by atoms with E-state index in [1.54, 1.807) is 40.0 Å². The number of carboxylic acid groups (broad SMARTS) is 1. The average molecular weight is 433 g/mol. The molecule has 2 aliphatic carbocycles. The van der Waals surface area contributed by atoms with Crippen molar-refractivity contribution < 1.29 is 33.4 Å². The first kappa shape index (κ1) is 23.1. The molecule has 0 unspecified atom stereocenters. The SMILES string of the molecule is CC=C(C)C(=O)O[C@@H]1c2c(C)coc2C[C@H]2CC[C@H](OC(=O)C(C)C)[C@H](C(=O)O)[C@]21C. The number of carboxylic acids is 1. The summed E-state index contributed by atoms with van der Waals surface area (Å²) in [6, 6.07) is 0. The summed E-state index contributed by atoms with van der Waals surface area (Å²) in [6.45, 7) is 10.6. The summed E-state index contributed by atoms with van der Waals surface area (Å²) in [5.74, 6) is -2.71. The Hall–Kier alpha value is -2.57. The van der Waals surface area contributed by atoms with E-state index < -0.39 is 41.4 Å². The highest BCUT2D eigenvalue weighted by atomic mass is 16.6. The molecule has 7 nitrogen and oxygen atoms in total. The Labute approximate surface area is 182 Å². The second kappa shape index (κ2) is 8.52. The van der Waals surface area contributed by atoms with Gasteiger partial charge in [0.2, 0.25) is 0 Å². The van der Waals surface area contributed by atoms with Gasteiger partial charge >= 0.3 is 17.9 Å². The summed E-state index contributed by atoms with van der Waals surface area (Å²) < 4.78 is 17.4. The average Bonchev–Trinajstić information content (AvgIpc) is 3.07. The van der Waals surface area contributed by atoms with Crippen LogP contribution in [-0.2, 0) is 30.3 Å². The van der Waals surface area contributed by atoms with Crippen molar-refractivity contribution in [1.82, 2.24) is 0 Å². The van der Waals surface area contributed by atoms with Crippen LogP contribution in [0, 0.1) is 30.1 Å². The monoisotopic (exact) mass is 432 g/mol. The zero-order chi connectivity index (χ0) is 23.1. The fourth-order valence-electron chi connectivity index (χ4n) is 5.09. The third-order valence-electron chi connectivity index (χ3n) is 7.07. The van der Waals surface area contributed by atoms with Crippen molar-refractivity contribution in [2.24, 2.45) is 23.2 Å².